The van der Waals surface area contributed by atoms with E-state index in [-0.39, 0.29) is 0 Å². The van der Waals surface area contributed by atoms with Gasteiger partial charge in [0.2, 0.25) is 0 Å². The second-order valence-electron chi connectivity index (χ2n) is 5.58. The lowest BCUT2D eigenvalue weighted by atomic mass is 10.0. The van der Waals surface area contributed by atoms with E-state index in [0.717, 1.165) is 0 Å². The molecule has 1 aromatic carbocycles. The Hall–Kier alpha value is -2.08. The van der Waals surface area contributed by atoms with Crippen LogP contribution in [0.2, 0.25) is 0 Å². The molecule has 3 N–H and O–H groups in total. The molecule has 0 unspecified atom stereocenters. The van der Waals surface area contributed by atoms with Crippen LogP contribution in [0.4, 0.5) is 4.79 Å². The molecule has 6 nitrogen and oxygen atoms in total. The van der Waals surface area contributed by atoms with Crippen LogP contribution in [0.25, 0.3) is 0 Å². The first-order valence-electron chi connectivity index (χ1n) is 6.62. The monoisotopic (exact) mass is 294 g/mol. The predicted octanol–water partition coefficient (Wildman–Crippen LogP) is 1.75. The highest BCUT2D eigenvalue weighted by Gasteiger charge is 2.31. The lowest BCUT2D eigenvalue weighted by Crippen LogP contribution is -2.49. The zero-order chi connectivity index (χ0) is 16.0. The molecule has 0 aliphatic rings. The number of benzene rings is 1. The van der Waals surface area contributed by atoms with E-state index in [1.54, 1.807) is 45.0 Å². The molecule has 116 valence electrons. The summed E-state index contributed by atoms with van der Waals surface area (Å²) in [5.74, 6) is -0.628. The van der Waals surface area contributed by atoms with Gasteiger partial charge in [-0.25, -0.2) is 9.59 Å². The van der Waals surface area contributed by atoms with Crippen molar-refractivity contribution >= 4 is 12.1 Å². The van der Waals surface area contributed by atoms with Gasteiger partial charge in [0.25, 0.3) is 0 Å². The number of methoxy groups -OCH3 is 1. The molecule has 1 rings (SSSR count). The van der Waals surface area contributed by atoms with Crippen molar-refractivity contribution in [3.05, 3.63) is 35.9 Å². The van der Waals surface area contributed by atoms with E-state index in [2.05, 4.69) is 5.32 Å². The Morgan fingerprint density at radius 3 is 2.24 bits per heavy atom. The maximum Gasteiger partial charge on any atom is 0.408 e. The highest BCUT2D eigenvalue weighted by Crippen LogP contribution is 2.16. The molecule has 0 aliphatic heterocycles. The molecule has 0 bridgehead atoms. The first-order chi connectivity index (χ1) is 9.74. The number of carbonyl (C=O) groups is 2. The Morgan fingerprint density at radius 2 is 1.76 bits per heavy atom. The Bertz CT molecular complexity index is 482. The van der Waals surface area contributed by atoms with Crippen LogP contribution in [0, 0.1) is 0 Å². The zero-order valence-corrected chi connectivity index (χ0v) is 12.8. The first kappa shape index (κ1) is 17.0. The Labute approximate surface area is 124 Å². The summed E-state index contributed by atoms with van der Waals surface area (Å²) in [4.78, 5) is 23.7. The van der Waals surface area contributed by atoms with E-state index in [4.69, 9.17) is 15.2 Å². The van der Waals surface area contributed by atoms with Gasteiger partial charge in [0.05, 0.1) is 13.2 Å². The number of hydrogen-bond acceptors (Lipinski definition) is 5. The van der Waals surface area contributed by atoms with Crippen LogP contribution >= 0.6 is 0 Å². The number of rotatable bonds is 4. The van der Waals surface area contributed by atoms with Gasteiger partial charge in [0.15, 0.2) is 0 Å². The molecule has 0 aliphatic carbocycles. The van der Waals surface area contributed by atoms with Gasteiger partial charge < -0.3 is 20.5 Å². The minimum atomic E-state index is -1.02. The van der Waals surface area contributed by atoms with Crippen molar-refractivity contribution in [2.75, 3.05) is 7.11 Å². The van der Waals surface area contributed by atoms with E-state index in [1.165, 1.54) is 7.11 Å². The molecule has 0 spiro atoms. The first-order valence-corrected chi connectivity index (χ1v) is 6.62. The quantitative estimate of drug-likeness (QED) is 0.826. The maximum atomic E-state index is 11.9. The number of amides is 1. The molecule has 0 fully saturated rings. The second-order valence-corrected chi connectivity index (χ2v) is 5.58. The van der Waals surface area contributed by atoms with Crippen LogP contribution in [0.1, 0.15) is 32.4 Å². The standard InChI is InChI=1S/C15H22N2O4/c1-15(2,3)21-14(19)17-12(13(18)20-4)11(16)10-8-6-5-7-9-10/h5-9,11-12H,16H2,1-4H3,(H,17,19)/t11-,12-/m0/s1. The van der Waals surface area contributed by atoms with Gasteiger partial charge in [-0.2, -0.15) is 0 Å². The summed E-state index contributed by atoms with van der Waals surface area (Å²) in [6, 6.07) is 7.24. The van der Waals surface area contributed by atoms with E-state index < -0.39 is 29.7 Å². The van der Waals surface area contributed by atoms with Gasteiger partial charge in [-0.1, -0.05) is 30.3 Å². The number of ether oxygens (including phenoxy) is 2. The maximum absolute atomic E-state index is 11.9. The van der Waals surface area contributed by atoms with Crippen LogP contribution in [0.3, 0.4) is 0 Å². The number of hydrogen-bond donors (Lipinski definition) is 2. The van der Waals surface area contributed by atoms with Crippen molar-refractivity contribution in [2.45, 2.75) is 38.5 Å². The van der Waals surface area contributed by atoms with E-state index >= 15 is 0 Å². The Kier molecular flexibility index (Phi) is 5.72. The molecule has 0 saturated carbocycles. The molecule has 0 aromatic heterocycles. The van der Waals surface area contributed by atoms with Crippen molar-refractivity contribution < 1.29 is 19.1 Å². The van der Waals surface area contributed by atoms with Gasteiger partial charge in [-0.15, -0.1) is 0 Å². The normalized spacial score (nSPS) is 14.0. The minimum Gasteiger partial charge on any atom is -0.467 e. The highest BCUT2D eigenvalue weighted by molar-refractivity contribution is 5.82. The van der Waals surface area contributed by atoms with Crippen molar-refractivity contribution in [1.82, 2.24) is 5.32 Å². The summed E-state index contributed by atoms with van der Waals surface area (Å²) in [6.07, 6.45) is -0.718. The average molecular weight is 294 g/mol. The predicted molar refractivity (Wildman–Crippen MR) is 78.5 cm³/mol. The molecule has 2 atom stereocenters. The van der Waals surface area contributed by atoms with E-state index in [0.29, 0.717) is 5.56 Å². The molecule has 1 amide bonds. The fourth-order valence-corrected chi connectivity index (χ4v) is 1.72. The SMILES string of the molecule is COC(=O)[C@@H](NC(=O)OC(C)(C)C)[C@@H](N)c1ccccc1. The fourth-order valence-electron chi connectivity index (χ4n) is 1.72. The summed E-state index contributed by atoms with van der Waals surface area (Å²) in [6.45, 7) is 5.20. The highest BCUT2D eigenvalue weighted by atomic mass is 16.6. The lowest BCUT2D eigenvalue weighted by Gasteiger charge is -2.25. The Morgan fingerprint density at radius 1 is 1.19 bits per heavy atom. The third-order valence-electron chi connectivity index (χ3n) is 2.67. The van der Waals surface area contributed by atoms with Crippen molar-refractivity contribution in [3.63, 3.8) is 0 Å². The molecular weight excluding hydrogens is 272 g/mol. The summed E-state index contributed by atoms with van der Waals surface area (Å²) < 4.78 is 9.83. The number of carbonyl (C=O) groups excluding carboxylic acids is 2. The summed E-state index contributed by atoms with van der Waals surface area (Å²) in [5, 5.41) is 2.46. The number of esters is 1. The third-order valence-corrected chi connectivity index (χ3v) is 2.67. The summed E-state index contributed by atoms with van der Waals surface area (Å²) in [7, 11) is 1.24. The molecular formula is C15H22N2O4. The fraction of sp³-hybridized carbons (Fsp3) is 0.467. The van der Waals surface area contributed by atoms with Crippen molar-refractivity contribution in [2.24, 2.45) is 5.73 Å². The summed E-state index contributed by atoms with van der Waals surface area (Å²) >= 11 is 0. The van der Waals surface area contributed by atoms with Gasteiger partial charge in [0, 0.05) is 0 Å². The third kappa shape index (κ3) is 5.43. The number of nitrogens with two attached hydrogens (primary N) is 1. The Balaban J connectivity index is 2.86. The summed E-state index contributed by atoms with van der Waals surface area (Å²) in [5.41, 5.74) is 6.10. The molecule has 0 heterocycles. The van der Waals surface area contributed by atoms with Gasteiger partial charge in [-0.05, 0) is 26.3 Å². The van der Waals surface area contributed by atoms with Crippen molar-refractivity contribution in [3.8, 4) is 0 Å². The minimum absolute atomic E-state index is 0.628. The number of nitrogens with one attached hydrogen (secondary N) is 1. The van der Waals surface area contributed by atoms with Crippen LogP contribution in [0.15, 0.2) is 30.3 Å². The van der Waals surface area contributed by atoms with Crippen LogP contribution < -0.4 is 11.1 Å². The van der Waals surface area contributed by atoms with E-state index in [1.807, 2.05) is 6.07 Å². The molecule has 0 radical (unpaired) electrons. The lowest BCUT2D eigenvalue weighted by molar-refractivity contribution is -0.143. The van der Waals surface area contributed by atoms with Gasteiger partial charge >= 0.3 is 12.1 Å². The molecule has 0 saturated heterocycles. The average Bonchev–Trinajstić information content (AvgIpc) is 2.42. The molecule has 21 heavy (non-hydrogen) atoms. The van der Waals surface area contributed by atoms with Crippen LogP contribution in [-0.2, 0) is 14.3 Å². The number of alkyl carbamates (subject to hydrolysis) is 1. The zero-order valence-electron chi connectivity index (χ0n) is 12.8. The van der Waals surface area contributed by atoms with Crippen molar-refractivity contribution in [1.29, 1.82) is 0 Å². The smallest absolute Gasteiger partial charge is 0.408 e. The molecule has 1 aromatic rings. The van der Waals surface area contributed by atoms with Crippen LogP contribution in [-0.4, -0.2) is 30.8 Å². The van der Waals surface area contributed by atoms with E-state index in [9.17, 15) is 9.59 Å². The molecule has 6 heteroatoms. The topological polar surface area (TPSA) is 90.6 Å². The van der Waals surface area contributed by atoms with Gasteiger partial charge in [0.1, 0.15) is 11.6 Å². The largest absolute Gasteiger partial charge is 0.467 e. The van der Waals surface area contributed by atoms with Gasteiger partial charge in [-0.3, -0.25) is 0 Å². The van der Waals surface area contributed by atoms with Crippen LogP contribution in [0.5, 0.6) is 0 Å². The second kappa shape index (κ2) is 7.08.